The van der Waals surface area contributed by atoms with Crippen LogP contribution in [0, 0.1) is 0 Å². The van der Waals surface area contributed by atoms with Gasteiger partial charge in [-0.15, -0.1) is 0 Å². The van der Waals surface area contributed by atoms with E-state index < -0.39 is 23.7 Å². The number of hydrogen-bond donors (Lipinski definition) is 1. The SMILES string of the molecule is CCCN1C(=O)C(=O)/C(=C(\O)c2ccc3c(c2)CCO3)C1c1cccc(OC(C)=O)c1. The first-order chi connectivity index (χ1) is 14.9. The summed E-state index contributed by atoms with van der Waals surface area (Å²) in [5.74, 6) is -1.02. The van der Waals surface area contributed by atoms with Crippen LogP contribution in [0.4, 0.5) is 0 Å². The number of aliphatic hydroxyl groups is 1. The summed E-state index contributed by atoms with van der Waals surface area (Å²) in [6, 6.07) is 11.1. The average molecular weight is 421 g/mol. The molecular formula is C24H23NO6. The molecule has 2 heterocycles. The summed E-state index contributed by atoms with van der Waals surface area (Å²) in [7, 11) is 0. The molecule has 1 atom stereocenters. The summed E-state index contributed by atoms with van der Waals surface area (Å²) < 4.78 is 10.7. The lowest BCUT2D eigenvalue weighted by Gasteiger charge is -2.25. The first kappa shape index (κ1) is 20.7. The van der Waals surface area contributed by atoms with Crippen molar-refractivity contribution in [2.24, 2.45) is 0 Å². The quantitative estimate of drug-likeness (QED) is 0.262. The smallest absolute Gasteiger partial charge is 0.308 e. The van der Waals surface area contributed by atoms with Crippen molar-refractivity contribution in [3.63, 3.8) is 0 Å². The van der Waals surface area contributed by atoms with Gasteiger partial charge in [0.05, 0.1) is 18.2 Å². The minimum Gasteiger partial charge on any atom is -0.507 e. The number of Topliss-reactive ketones (excluding diaryl/α,β-unsaturated/α-hetero) is 1. The van der Waals surface area contributed by atoms with E-state index >= 15 is 0 Å². The number of likely N-dealkylation sites (tertiary alicyclic amines) is 1. The number of carbonyl (C=O) groups is 3. The topological polar surface area (TPSA) is 93.1 Å². The molecule has 1 amide bonds. The molecule has 0 bridgehead atoms. The van der Waals surface area contributed by atoms with Crippen LogP contribution in [-0.4, -0.2) is 40.8 Å². The molecule has 4 rings (SSSR count). The Hall–Kier alpha value is -3.61. The molecule has 0 radical (unpaired) electrons. The number of rotatable bonds is 5. The van der Waals surface area contributed by atoms with E-state index in [-0.39, 0.29) is 11.3 Å². The van der Waals surface area contributed by atoms with Crippen LogP contribution in [0.15, 0.2) is 48.0 Å². The molecule has 2 aliphatic heterocycles. The highest BCUT2D eigenvalue weighted by molar-refractivity contribution is 6.46. The monoisotopic (exact) mass is 421 g/mol. The van der Waals surface area contributed by atoms with Gasteiger partial charge in [0.25, 0.3) is 11.7 Å². The molecule has 7 heteroatoms. The number of ether oxygens (including phenoxy) is 2. The van der Waals surface area contributed by atoms with Gasteiger partial charge in [0.1, 0.15) is 17.3 Å². The number of esters is 1. The van der Waals surface area contributed by atoms with Gasteiger partial charge in [0, 0.05) is 25.5 Å². The summed E-state index contributed by atoms with van der Waals surface area (Å²) >= 11 is 0. The number of benzene rings is 2. The maximum atomic E-state index is 13.0. The number of ketones is 1. The van der Waals surface area contributed by atoms with Gasteiger partial charge in [-0.3, -0.25) is 14.4 Å². The molecule has 1 N–H and O–H groups in total. The van der Waals surface area contributed by atoms with Crippen molar-refractivity contribution < 1.29 is 29.0 Å². The molecule has 0 aromatic heterocycles. The number of nitrogens with zero attached hydrogens (tertiary/aromatic N) is 1. The number of amides is 1. The van der Waals surface area contributed by atoms with Crippen LogP contribution in [0.1, 0.15) is 43.0 Å². The van der Waals surface area contributed by atoms with Gasteiger partial charge in [0.15, 0.2) is 0 Å². The first-order valence-electron chi connectivity index (χ1n) is 10.2. The zero-order chi connectivity index (χ0) is 22.1. The summed E-state index contributed by atoms with van der Waals surface area (Å²) in [4.78, 5) is 38.6. The van der Waals surface area contributed by atoms with Crippen LogP contribution in [0.25, 0.3) is 5.76 Å². The molecule has 0 saturated carbocycles. The van der Waals surface area contributed by atoms with Gasteiger partial charge in [0.2, 0.25) is 0 Å². The normalized spacial score (nSPS) is 19.3. The van der Waals surface area contributed by atoms with E-state index in [0.29, 0.717) is 42.9 Å². The molecule has 0 aliphatic carbocycles. The molecule has 2 aromatic rings. The van der Waals surface area contributed by atoms with E-state index in [0.717, 1.165) is 11.3 Å². The third kappa shape index (κ3) is 3.79. The summed E-state index contributed by atoms with van der Waals surface area (Å²) in [5, 5.41) is 11.1. The molecule has 2 aromatic carbocycles. The Balaban J connectivity index is 1.84. The fourth-order valence-corrected chi connectivity index (χ4v) is 4.10. The van der Waals surface area contributed by atoms with Crippen molar-refractivity contribution in [3.05, 3.63) is 64.7 Å². The fourth-order valence-electron chi connectivity index (χ4n) is 4.10. The van der Waals surface area contributed by atoms with E-state index in [9.17, 15) is 19.5 Å². The fraction of sp³-hybridized carbons (Fsp3) is 0.292. The van der Waals surface area contributed by atoms with Gasteiger partial charge in [-0.25, -0.2) is 0 Å². The third-order valence-corrected chi connectivity index (χ3v) is 5.40. The number of fused-ring (bicyclic) bond motifs is 1. The summed E-state index contributed by atoms with van der Waals surface area (Å²) in [6.07, 6.45) is 1.36. The van der Waals surface area contributed by atoms with E-state index in [1.807, 2.05) is 6.92 Å². The largest absolute Gasteiger partial charge is 0.507 e. The second-order valence-corrected chi connectivity index (χ2v) is 7.58. The summed E-state index contributed by atoms with van der Waals surface area (Å²) in [5.41, 5.74) is 2.01. The molecule has 1 saturated heterocycles. The van der Waals surface area contributed by atoms with Crippen LogP contribution in [0.2, 0.25) is 0 Å². The van der Waals surface area contributed by atoms with Gasteiger partial charge in [-0.1, -0.05) is 19.1 Å². The Morgan fingerprint density at radius 3 is 2.77 bits per heavy atom. The Labute approximate surface area is 179 Å². The van der Waals surface area contributed by atoms with Crippen molar-refractivity contribution in [2.75, 3.05) is 13.2 Å². The van der Waals surface area contributed by atoms with Crippen molar-refractivity contribution in [1.29, 1.82) is 0 Å². The first-order valence-corrected chi connectivity index (χ1v) is 10.2. The van der Waals surface area contributed by atoms with E-state index in [1.165, 1.54) is 11.8 Å². The van der Waals surface area contributed by atoms with Crippen molar-refractivity contribution in [2.45, 2.75) is 32.7 Å². The number of aliphatic hydroxyl groups excluding tert-OH is 1. The lowest BCUT2D eigenvalue weighted by atomic mass is 9.94. The van der Waals surface area contributed by atoms with Crippen molar-refractivity contribution in [1.82, 2.24) is 4.90 Å². The minimum absolute atomic E-state index is 0.0253. The van der Waals surface area contributed by atoms with E-state index in [1.54, 1.807) is 42.5 Å². The zero-order valence-corrected chi connectivity index (χ0v) is 17.4. The van der Waals surface area contributed by atoms with Crippen LogP contribution in [-0.2, 0) is 20.8 Å². The average Bonchev–Trinajstić information content (AvgIpc) is 3.31. The van der Waals surface area contributed by atoms with Gasteiger partial charge >= 0.3 is 5.97 Å². The highest BCUT2D eigenvalue weighted by Gasteiger charge is 2.45. The lowest BCUT2D eigenvalue weighted by molar-refractivity contribution is -0.139. The lowest BCUT2D eigenvalue weighted by Crippen LogP contribution is -2.30. The molecular weight excluding hydrogens is 398 g/mol. The number of carbonyl (C=O) groups excluding carboxylic acids is 3. The molecule has 2 aliphatic rings. The summed E-state index contributed by atoms with van der Waals surface area (Å²) in [6.45, 7) is 4.13. The Morgan fingerprint density at radius 1 is 1.23 bits per heavy atom. The Morgan fingerprint density at radius 2 is 2.03 bits per heavy atom. The molecule has 1 fully saturated rings. The number of hydrogen-bond acceptors (Lipinski definition) is 6. The highest BCUT2D eigenvalue weighted by Crippen LogP contribution is 2.41. The van der Waals surface area contributed by atoms with E-state index in [4.69, 9.17) is 9.47 Å². The standard InChI is InChI=1S/C24H23NO6/c1-3-10-25-21(16-5-4-6-18(13-16)31-14(2)26)20(23(28)24(25)29)22(27)17-7-8-19-15(12-17)9-11-30-19/h4-8,12-13,21,27H,3,9-11H2,1-2H3/b22-20-. The predicted octanol–water partition coefficient (Wildman–Crippen LogP) is 3.38. The molecule has 1 unspecified atom stereocenters. The second kappa shape index (κ2) is 8.26. The van der Waals surface area contributed by atoms with Crippen LogP contribution in [0.3, 0.4) is 0 Å². The maximum Gasteiger partial charge on any atom is 0.308 e. The maximum absolute atomic E-state index is 13.0. The molecule has 31 heavy (non-hydrogen) atoms. The van der Waals surface area contributed by atoms with Gasteiger partial charge < -0.3 is 19.5 Å². The van der Waals surface area contributed by atoms with Crippen LogP contribution < -0.4 is 9.47 Å². The Kier molecular flexibility index (Phi) is 5.50. The van der Waals surface area contributed by atoms with Crippen LogP contribution in [0.5, 0.6) is 11.5 Å². The Bertz CT molecular complexity index is 1100. The highest BCUT2D eigenvalue weighted by atomic mass is 16.5. The van der Waals surface area contributed by atoms with E-state index in [2.05, 4.69) is 0 Å². The molecule has 0 spiro atoms. The van der Waals surface area contributed by atoms with Gasteiger partial charge in [-0.2, -0.15) is 0 Å². The molecule has 7 nitrogen and oxygen atoms in total. The second-order valence-electron chi connectivity index (χ2n) is 7.58. The van der Waals surface area contributed by atoms with Crippen molar-refractivity contribution in [3.8, 4) is 11.5 Å². The van der Waals surface area contributed by atoms with Gasteiger partial charge in [-0.05, 0) is 47.9 Å². The molecule has 160 valence electrons. The zero-order valence-electron chi connectivity index (χ0n) is 17.4. The minimum atomic E-state index is -0.778. The van der Waals surface area contributed by atoms with Crippen LogP contribution >= 0.6 is 0 Å². The third-order valence-electron chi connectivity index (χ3n) is 5.40. The predicted molar refractivity (Wildman–Crippen MR) is 113 cm³/mol. The van der Waals surface area contributed by atoms with Crippen molar-refractivity contribution >= 4 is 23.4 Å².